The van der Waals surface area contributed by atoms with Gasteiger partial charge < -0.3 is 14.4 Å². The van der Waals surface area contributed by atoms with Gasteiger partial charge in [-0.1, -0.05) is 125 Å². The predicted octanol–water partition coefficient (Wildman–Crippen LogP) is 14.8. The molecule has 5 aromatic carbocycles. The maximum atomic E-state index is 9.69. The van der Waals surface area contributed by atoms with Crippen LogP contribution in [0.5, 0.6) is 0 Å². The number of hydrogen-bond acceptors (Lipinski definition) is 3. The van der Waals surface area contributed by atoms with Crippen LogP contribution in [-0.4, -0.2) is 9.97 Å². The van der Waals surface area contributed by atoms with E-state index in [1.165, 1.54) is 49.9 Å². The van der Waals surface area contributed by atoms with Gasteiger partial charge >= 0.3 is 0 Å². The zero-order valence-corrected chi connectivity index (χ0v) is 35.3. The number of aromatic nitrogens is 2. The summed E-state index contributed by atoms with van der Waals surface area (Å²) in [6.45, 7) is 1.72. The van der Waals surface area contributed by atoms with Gasteiger partial charge in [-0.05, 0) is 106 Å². The predicted molar refractivity (Wildman–Crippen MR) is 234 cm³/mol. The van der Waals surface area contributed by atoms with Crippen molar-refractivity contribution >= 4 is 43.5 Å². The molecule has 1 spiro atoms. The van der Waals surface area contributed by atoms with Gasteiger partial charge in [-0.2, -0.15) is 0 Å². The molecule has 2 aliphatic carbocycles. The molecular weight excluding hydrogens is 873 g/mol. The topological polar surface area (TPSA) is 38.9 Å². The zero-order valence-electron chi connectivity index (χ0n) is 39.9. The van der Waals surface area contributed by atoms with Crippen LogP contribution in [0.3, 0.4) is 0 Å². The third-order valence-corrected chi connectivity index (χ3v) is 12.4. The summed E-state index contributed by atoms with van der Waals surface area (Å²) in [6.07, 6.45) is 12.5. The molecule has 0 aliphatic heterocycles. The third-order valence-electron chi connectivity index (χ3n) is 12.4. The summed E-state index contributed by atoms with van der Waals surface area (Å²) in [5, 5.41) is 5.08. The first-order chi connectivity index (χ1) is 29.9. The Hall–Kier alpha value is -4.63. The Labute approximate surface area is 361 Å². The summed E-state index contributed by atoms with van der Waals surface area (Å²) >= 11 is 0. The van der Waals surface area contributed by atoms with Gasteiger partial charge in [0.25, 0.3) is 0 Å². The molecule has 0 amide bonds. The quantitative estimate of drug-likeness (QED) is 0.131. The van der Waals surface area contributed by atoms with E-state index in [4.69, 9.17) is 12.6 Å². The van der Waals surface area contributed by atoms with Crippen molar-refractivity contribution in [1.82, 2.24) is 9.97 Å². The van der Waals surface area contributed by atoms with Crippen LogP contribution < -0.4 is 0 Å². The monoisotopic (exact) mass is 932 g/mol. The standard InChI is InChI=1S/C38H36NO.C15H16N.Ir/c1-24-10-14-30(33-22-32(25(2)23-39-33)27-16-20-38(21-17-27)18-6-3-7-19-38)36-34(24)31-15-13-28-12-11-26-8-4-5-9-29(26)35(28)37(31)40-36;1-15(2,3)13-9-10-14(16-11-13)12-7-5-4-6-8-12;/h4-5,8-13,15,22-23,27H,3,6-7,16-21H2,1-2H3;4-7,9-11H,1-3H3;/q2*-1;/i1D3,2D3,27D;;. The fraction of sp³-hybridized carbons (Fsp3) is 0.321. The van der Waals surface area contributed by atoms with E-state index in [2.05, 4.69) is 61.1 Å². The van der Waals surface area contributed by atoms with Gasteiger partial charge in [-0.15, -0.1) is 53.6 Å². The number of furan rings is 1. The van der Waals surface area contributed by atoms with Crippen LogP contribution in [0.25, 0.3) is 66.0 Å². The largest absolute Gasteiger partial charge is 0.500 e. The number of pyridine rings is 2. The van der Waals surface area contributed by atoms with Gasteiger partial charge in [0.1, 0.15) is 5.58 Å². The second-order valence-electron chi connectivity index (χ2n) is 16.9. The van der Waals surface area contributed by atoms with E-state index in [0.29, 0.717) is 51.6 Å². The molecule has 1 radical (unpaired) electrons. The Kier molecular flexibility index (Phi) is 8.78. The molecule has 3 aromatic heterocycles. The fourth-order valence-electron chi connectivity index (χ4n) is 9.15. The summed E-state index contributed by atoms with van der Waals surface area (Å²) < 4.78 is 66.6. The first kappa shape index (κ1) is 31.4. The van der Waals surface area contributed by atoms with Gasteiger partial charge in [0.2, 0.25) is 0 Å². The van der Waals surface area contributed by atoms with E-state index in [9.17, 15) is 1.37 Å². The molecule has 57 heavy (non-hydrogen) atoms. The van der Waals surface area contributed by atoms with Gasteiger partial charge in [0, 0.05) is 52.9 Å². The van der Waals surface area contributed by atoms with Gasteiger partial charge in [0.15, 0.2) is 0 Å². The zero-order chi connectivity index (χ0) is 44.4. The van der Waals surface area contributed by atoms with Crippen LogP contribution in [0.2, 0.25) is 0 Å². The molecule has 3 heterocycles. The van der Waals surface area contributed by atoms with E-state index in [1.807, 2.05) is 72.9 Å². The number of nitrogens with zero attached hydrogens (tertiary/aromatic N) is 2. The van der Waals surface area contributed by atoms with Gasteiger partial charge in [-0.3, -0.25) is 0 Å². The summed E-state index contributed by atoms with van der Waals surface area (Å²) in [4.78, 5) is 9.12. The Bertz CT molecular complexity index is 2950. The van der Waals surface area contributed by atoms with Crippen molar-refractivity contribution in [3.8, 4) is 22.5 Å². The molecule has 2 aliphatic rings. The average molecular weight is 932 g/mol. The molecule has 10 rings (SSSR count). The van der Waals surface area contributed by atoms with E-state index in [0.717, 1.165) is 45.6 Å². The Balaban J connectivity index is 0.000000279. The molecule has 0 saturated heterocycles. The summed E-state index contributed by atoms with van der Waals surface area (Å²) in [6, 6.07) is 37.8. The van der Waals surface area contributed by atoms with Crippen molar-refractivity contribution in [2.75, 3.05) is 0 Å². The van der Waals surface area contributed by atoms with Crippen molar-refractivity contribution in [1.29, 1.82) is 0 Å². The molecule has 4 heteroatoms. The van der Waals surface area contributed by atoms with E-state index in [-0.39, 0.29) is 42.1 Å². The Morgan fingerprint density at radius 2 is 1.47 bits per heavy atom. The SMILES string of the molecule is CC(C)(C)c1ccc(-c2[c-]cccc2)nc1.[2H]C([2H])([2H])c1cnc(-c2[c-]cc(C([2H])([2H])[2H])c3c2oc2c3ccc3ccc4ccccc4c32)cc1C1([2H])CCC2(CCCCC2)CC1.[Ir]. The van der Waals surface area contributed by atoms with Crippen molar-refractivity contribution in [2.24, 2.45) is 5.41 Å². The molecule has 0 atom stereocenters. The average Bonchev–Trinajstić information content (AvgIpc) is 3.67. The van der Waals surface area contributed by atoms with Gasteiger partial charge in [-0.25, -0.2) is 0 Å². The minimum atomic E-state index is -2.43. The number of fused-ring (bicyclic) bond motifs is 7. The van der Waals surface area contributed by atoms with Crippen molar-refractivity contribution in [2.45, 2.75) is 104 Å². The van der Waals surface area contributed by atoms with E-state index in [1.54, 1.807) is 6.07 Å². The summed E-state index contributed by atoms with van der Waals surface area (Å²) in [5.74, 6) is -1.06. The summed E-state index contributed by atoms with van der Waals surface area (Å²) in [5.41, 5.74) is 6.24. The fourth-order valence-corrected chi connectivity index (χ4v) is 9.15. The molecule has 0 unspecified atom stereocenters. The minimum Gasteiger partial charge on any atom is -0.500 e. The Morgan fingerprint density at radius 1 is 0.719 bits per heavy atom. The van der Waals surface area contributed by atoms with E-state index < -0.39 is 19.6 Å². The molecule has 2 saturated carbocycles. The number of rotatable bonds is 3. The first-order valence-electron chi connectivity index (χ1n) is 23.6. The molecule has 2 fully saturated rings. The van der Waals surface area contributed by atoms with Crippen molar-refractivity contribution < 1.29 is 34.1 Å². The molecular formula is C53H52IrN2O-2. The van der Waals surface area contributed by atoms with Crippen LogP contribution in [0.15, 0.2) is 114 Å². The van der Waals surface area contributed by atoms with Crippen LogP contribution in [-0.2, 0) is 25.5 Å². The molecule has 8 aromatic rings. The number of aryl methyl sites for hydroxylation is 2. The van der Waals surface area contributed by atoms with Crippen LogP contribution in [0.1, 0.15) is 116 Å². The van der Waals surface area contributed by atoms with Crippen LogP contribution in [0.4, 0.5) is 0 Å². The van der Waals surface area contributed by atoms with Crippen LogP contribution in [0, 0.1) is 31.3 Å². The number of benzene rings is 5. The summed E-state index contributed by atoms with van der Waals surface area (Å²) in [7, 11) is 0. The van der Waals surface area contributed by atoms with E-state index >= 15 is 0 Å². The maximum absolute atomic E-state index is 9.69. The second-order valence-corrected chi connectivity index (χ2v) is 16.9. The van der Waals surface area contributed by atoms with Crippen molar-refractivity contribution in [3.63, 3.8) is 0 Å². The second kappa shape index (κ2) is 16.0. The van der Waals surface area contributed by atoms with Crippen LogP contribution >= 0.6 is 0 Å². The van der Waals surface area contributed by atoms with Crippen molar-refractivity contribution in [3.05, 3.63) is 144 Å². The van der Waals surface area contributed by atoms with Gasteiger partial charge in [0.05, 0.1) is 5.58 Å². The molecule has 0 bridgehead atoms. The molecule has 3 nitrogen and oxygen atoms in total. The minimum absolute atomic E-state index is 0. The number of hydrogen-bond donors (Lipinski definition) is 0. The maximum Gasteiger partial charge on any atom is 0.129 e. The normalized spacial score (nSPS) is 18.6. The Morgan fingerprint density at radius 3 is 2.21 bits per heavy atom. The molecule has 0 N–H and O–H groups in total. The molecule has 291 valence electrons. The smallest absolute Gasteiger partial charge is 0.129 e. The first-order valence-corrected chi connectivity index (χ1v) is 20.1. The third kappa shape index (κ3) is 7.60.